The summed E-state index contributed by atoms with van der Waals surface area (Å²) in [6.45, 7) is 1.98. The Morgan fingerprint density at radius 2 is 2.05 bits per heavy atom. The van der Waals surface area contributed by atoms with Gasteiger partial charge in [-0.1, -0.05) is 30.7 Å². The van der Waals surface area contributed by atoms with E-state index in [2.05, 4.69) is 9.97 Å². The van der Waals surface area contributed by atoms with Gasteiger partial charge in [-0.15, -0.1) is 0 Å². The van der Waals surface area contributed by atoms with Gasteiger partial charge in [0.25, 0.3) is 0 Å². The lowest BCUT2D eigenvalue weighted by molar-refractivity contribution is 0.0290. The summed E-state index contributed by atoms with van der Waals surface area (Å²) in [5, 5.41) is 1.42. The van der Waals surface area contributed by atoms with Crippen molar-refractivity contribution in [2.45, 2.75) is 19.4 Å². The molecule has 22 heavy (non-hydrogen) atoms. The highest BCUT2D eigenvalue weighted by Gasteiger charge is 2.18. The van der Waals surface area contributed by atoms with Gasteiger partial charge in [-0.25, -0.2) is 9.78 Å². The first-order valence-electron chi connectivity index (χ1n) is 7.07. The van der Waals surface area contributed by atoms with Crippen LogP contribution in [-0.4, -0.2) is 15.9 Å². The normalized spacial score (nSPS) is 12.3. The smallest absolute Gasteiger partial charge is 0.339 e. The molecule has 0 aliphatic carbocycles. The van der Waals surface area contributed by atoms with E-state index >= 15 is 0 Å². The molecule has 2 heterocycles. The number of H-pyrrole nitrogens is 1. The first kappa shape index (κ1) is 14.6. The van der Waals surface area contributed by atoms with Crippen molar-refractivity contribution < 1.29 is 9.53 Å². The zero-order valence-corrected chi connectivity index (χ0v) is 12.8. The Morgan fingerprint density at radius 1 is 1.27 bits per heavy atom. The number of nitrogens with zero attached hydrogens (tertiary/aromatic N) is 1. The number of carbonyl (C=O) groups excluding carboxylic acids is 1. The molecule has 0 saturated carbocycles. The first-order valence-corrected chi connectivity index (χ1v) is 7.45. The topological polar surface area (TPSA) is 55.0 Å². The third kappa shape index (κ3) is 2.83. The molecule has 5 heteroatoms. The fraction of sp³-hybridized carbons (Fsp3) is 0.176. The molecule has 0 amide bonds. The minimum Gasteiger partial charge on any atom is -0.454 e. The van der Waals surface area contributed by atoms with Crippen molar-refractivity contribution in [2.75, 3.05) is 0 Å². The molecule has 112 valence electrons. The maximum Gasteiger partial charge on any atom is 0.339 e. The number of esters is 1. The number of hydrogen-bond acceptors (Lipinski definition) is 3. The van der Waals surface area contributed by atoms with Crippen molar-refractivity contribution in [2.24, 2.45) is 0 Å². The molecule has 0 spiro atoms. The lowest BCUT2D eigenvalue weighted by Crippen LogP contribution is -2.11. The van der Waals surface area contributed by atoms with E-state index in [9.17, 15) is 4.79 Å². The van der Waals surface area contributed by atoms with Crippen LogP contribution in [0, 0.1) is 0 Å². The molecule has 0 saturated heterocycles. The number of nitrogens with one attached hydrogen (secondary N) is 1. The standard InChI is InChI=1S/C17H15ClN2O2/c1-2-15(11-3-5-12(18)6-4-11)22-17(21)14-8-10-20-16-13(14)7-9-19-16/h3-10,15H,2H2,1H3,(H,19,20). The molecule has 1 atom stereocenters. The van der Waals surface area contributed by atoms with Gasteiger partial charge in [0.05, 0.1) is 5.56 Å². The van der Waals surface area contributed by atoms with Crippen LogP contribution in [-0.2, 0) is 4.74 Å². The van der Waals surface area contributed by atoms with E-state index in [0.717, 1.165) is 10.9 Å². The number of ether oxygens (including phenoxy) is 1. The molecule has 4 nitrogen and oxygen atoms in total. The molecule has 0 aliphatic rings. The van der Waals surface area contributed by atoms with Gasteiger partial charge >= 0.3 is 5.97 Å². The third-order valence-corrected chi connectivity index (χ3v) is 3.79. The maximum atomic E-state index is 12.5. The van der Waals surface area contributed by atoms with Crippen molar-refractivity contribution in [3.8, 4) is 0 Å². The van der Waals surface area contributed by atoms with Crippen molar-refractivity contribution in [3.05, 3.63) is 64.9 Å². The Balaban J connectivity index is 1.86. The molecule has 3 rings (SSSR count). The van der Waals surface area contributed by atoms with Gasteiger partial charge in [0.15, 0.2) is 0 Å². The Bertz CT molecular complexity index is 796. The van der Waals surface area contributed by atoms with Crippen LogP contribution in [0.3, 0.4) is 0 Å². The number of fused-ring (bicyclic) bond motifs is 1. The molecular formula is C17H15ClN2O2. The van der Waals surface area contributed by atoms with Crippen LogP contribution < -0.4 is 0 Å². The number of pyridine rings is 1. The van der Waals surface area contributed by atoms with Crippen LogP contribution in [0.1, 0.15) is 35.4 Å². The second kappa shape index (κ2) is 6.20. The molecule has 0 aliphatic heterocycles. The van der Waals surface area contributed by atoms with Gasteiger partial charge in [0.2, 0.25) is 0 Å². The number of aromatic amines is 1. The van der Waals surface area contributed by atoms with Gasteiger partial charge < -0.3 is 9.72 Å². The van der Waals surface area contributed by atoms with Gasteiger partial charge in [-0.3, -0.25) is 0 Å². The predicted molar refractivity (Wildman–Crippen MR) is 86.0 cm³/mol. The summed E-state index contributed by atoms with van der Waals surface area (Å²) < 4.78 is 5.67. The van der Waals surface area contributed by atoms with Crippen molar-refractivity contribution in [1.82, 2.24) is 9.97 Å². The monoisotopic (exact) mass is 314 g/mol. The summed E-state index contributed by atoms with van der Waals surface area (Å²) in [6, 6.07) is 10.8. The Hall–Kier alpha value is -2.33. The number of hydrogen-bond donors (Lipinski definition) is 1. The van der Waals surface area contributed by atoms with Crippen LogP contribution in [0.5, 0.6) is 0 Å². The molecule has 1 aromatic carbocycles. The van der Waals surface area contributed by atoms with Gasteiger partial charge in [-0.05, 0) is 36.2 Å². The SMILES string of the molecule is CCC(OC(=O)c1ccnc2[nH]ccc12)c1ccc(Cl)cc1. The van der Waals surface area contributed by atoms with E-state index in [0.29, 0.717) is 22.7 Å². The Kier molecular flexibility index (Phi) is 4.11. The molecular weight excluding hydrogens is 300 g/mol. The molecule has 1 unspecified atom stereocenters. The highest BCUT2D eigenvalue weighted by Crippen LogP contribution is 2.25. The number of carbonyl (C=O) groups is 1. The average Bonchev–Trinajstić information content (AvgIpc) is 3.01. The van der Waals surface area contributed by atoms with E-state index in [-0.39, 0.29) is 12.1 Å². The highest BCUT2D eigenvalue weighted by molar-refractivity contribution is 6.30. The predicted octanol–water partition coefficient (Wildman–Crippen LogP) is 4.52. The quantitative estimate of drug-likeness (QED) is 0.720. The number of rotatable bonds is 4. The molecule has 3 aromatic rings. The van der Waals surface area contributed by atoms with Gasteiger partial charge in [0, 0.05) is 22.8 Å². The van der Waals surface area contributed by atoms with Crippen LogP contribution in [0.4, 0.5) is 0 Å². The van der Waals surface area contributed by atoms with Crippen molar-refractivity contribution >= 4 is 28.6 Å². The second-order valence-electron chi connectivity index (χ2n) is 4.95. The summed E-state index contributed by atoms with van der Waals surface area (Å²) in [4.78, 5) is 19.6. The molecule has 0 bridgehead atoms. The summed E-state index contributed by atoms with van der Waals surface area (Å²) in [5.41, 5.74) is 2.12. The lowest BCUT2D eigenvalue weighted by atomic mass is 10.1. The number of benzene rings is 1. The zero-order chi connectivity index (χ0) is 15.5. The fourth-order valence-corrected chi connectivity index (χ4v) is 2.52. The van der Waals surface area contributed by atoms with Crippen molar-refractivity contribution in [3.63, 3.8) is 0 Å². The van der Waals surface area contributed by atoms with Gasteiger partial charge in [0.1, 0.15) is 11.8 Å². The minimum atomic E-state index is -0.353. The third-order valence-electron chi connectivity index (χ3n) is 3.54. The van der Waals surface area contributed by atoms with Crippen LogP contribution >= 0.6 is 11.6 Å². The Morgan fingerprint density at radius 3 is 2.77 bits per heavy atom. The van der Waals surface area contributed by atoms with E-state index in [1.54, 1.807) is 30.6 Å². The largest absolute Gasteiger partial charge is 0.454 e. The van der Waals surface area contributed by atoms with Gasteiger partial charge in [-0.2, -0.15) is 0 Å². The lowest BCUT2D eigenvalue weighted by Gasteiger charge is -2.17. The molecule has 0 fully saturated rings. The maximum absolute atomic E-state index is 12.5. The number of halogens is 1. The zero-order valence-electron chi connectivity index (χ0n) is 12.0. The van der Waals surface area contributed by atoms with E-state index in [1.807, 2.05) is 25.1 Å². The van der Waals surface area contributed by atoms with E-state index < -0.39 is 0 Å². The number of aromatic nitrogens is 2. The van der Waals surface area contributed by atoms with Crippen LogP contribution in [0.2, 0.25) is 5.02 Å². The minimum absolute atomic E-state index is 0.299. The summed E-state index contributed by atoms with van der Waals surface area (Å²) in [5.74, 6) is -0.353. The molecule has 0 radical (unpaired) electrons. The summed E-state index contributed by atoms with van der Waals surface area (Å²) >= 11 is 5.90. The Labute approximate surface area is 133 Å². The molecule has 2 aromatic heterocycles. The highest BCUT2D eigenvalue weighted by atomic mass is 35.5. The summed E-state index contributed by atoms with van der Waals surface area (Å²) in [6.07, 6.45) is 3.74. The summed E-state index contributed by atoms with van der Waals surface area (Å²) in [7, 11) is 0. The van der Waals surface area contributed by atoms with E-state index in [4.69, 9.17) is 16.3 Å². The average molecular weight is 315 g/mol. The van der Waals surface area contributed by atoms with Crippen LogP contribution in [0.25, 0.3) is 11.0 Å². The first-order chi connectivity index (χ1) is 10.7. The van der Waals surface area contributed by atoms with Crippen LogP contribution in [0.15, 0.2) is 48.8 Å². The second-order valence-corrected chi connectivity index (χ2v) is 5.39. The fourth-order valence-electron chi connectivity index (χ4n) is 2.40. The van der Waals surface area contributed by atoms with E-state index in [1.165, 1.54) is 0 Å². The molecule has 1 N–H and O–H groups in total. The van der Waals surface area contributed by atoms with Crippen molar-refractivity contribution in [1.29, 1.82) is 0 Å².